The maximum atomic E-state index is 14.7. The number of hydrogen-bond acceptors (Lipinski definition) is 2. The highest BCUT2D eigenvalue weighted by molar-refractivity contribution is 5.68. The highest BCUT2D eigenvalue weighted by Crippen LogP contribution is 2.42. The molecular weight excluding hydrogens is 357 g/mol. The van der Waals surface area contributed by atoms with Gasteiger partial charge in [-0.15, -0.1) is 0 Å². The average molecular weight is 379 g/mol. The van der Waals surface area contributed by atoms with Gasteiger partial charge >= 0.3 is 12.3 Å². The van der Waals surface area contributed by atoms with Crippen LogP contribution in [0.5, 0.6) is 0 Å². The zero-order chi connectivity index (χ0) is 19.8. The molecule has 0 unspecified atom stereocenters. The number of amides is 1. The van der Waals surface area contributed by atoms with E-state index < -0.39 is 40.8 Å². The molecule has 0 radical (unpaired) electrons. The zero-order valence-electron chi connectivity index (χ0n) is 14.9. The molecule has 0 aromatic heterocycles. The molecule has 0 bridgehead atoms. The van der Waals surface area contributed by atoms with Crippen molar-refractivity contribution in [2.24, 2.45) is 5.92 Å². The van der Waals surface area contributed by atoms with Gasteiger partial charge in [-0.05, 0) is 45.7 Å². The Morgan fingerprint density at radius 3 is 1.85 bits per heavy atom. The van der Waals surface area contributed by atoms with Crippen LogP contribution >= 0.6 is 0 Å². The summed E-state index contributed by atoms with van der Waals surface area (Å²) in [6.07, 6.45) is -5.01. The van der Waals surface area contributed by atoms with E-state index in [0.29, 0.717) is 12.1 Å². The van der Waals surface area contributed by atoms with Crippen LogP contribution in [0.4, 0.5) is 26.7 Å². The third kappa shape index (κ3) is 4.86. The predicted molar refractivity (Wildman–Crippen MR) is 85.9 cm³/mol. The van der Waals surface area contributed by atoms with E-state index in [1.807, 2.05) is 0 Å². The van der Waals surface area contributed by atoms with Crippen LogP contribution in [0, 0.1) is 5.92 Å². The summed E-state index contributed by atoms with van der Waals surface area (Å²) in [5, 5.41) is 0. The number of likely N-dealkylation sites (tertiary alicyclic amines) is 1. The van der Waals surface area contributed by atoms with Crippen molar-refractivity contribution >= 4 is 6.09 Å². The fraction of sp³-hybridized carbons (Fsp3) is 0.611. The van der Waals surface area contributed by atoms with Gasteiger partial charge in [-0.25, -0.2) is 13.6 Å². The maximum Gasteiger partial charge on any atom is 0.416 e. The Hall–Kier alpha value is -1.86. The molecule has 8 heteroatoms. The lowest BCUT2D eigenvalue weighted by Gasteiger charge is -2.36. The second-order valence-electron chi connectivity index (χ2n) is 7.44. The van der Waals surface area contributed by atoms with Crippen molar-refractivity contribution in [2.75, 3.05) is 13.1 Å². The molecule has 0 aliphatic carbocycles. The number of carbonyl (C=O) groups excluding carboxylic acids is 1. The Bertz CT molecular complexity index is 626. The molecule has 1 aliphatic heterocycles. The quantitative estimate of drug-likeness (QED) is 0.640. The lowest BCUT2D eigenvalue weighted by atomic mass is 9.86. The van der Waals surface area contributed by atoms with E-state index in [1.165, 1.54) is 4.90 Å². The molecule has 0 saturated carbocycles. The number of ether oxygens (including phenoxy) is 1. The van der Waals surface area contributed by atoms with Crippen LogP contribution < -0.4 is 0 Å². The lowest BCUT2D eigenvalue weighted by Crippen LogP contribution is -2.44. The number of hydrogen-bond donors (Lipinski definition) is 0. The number of halogens is 5. The highest BCUT2D eigenvalue weighted by Gasteiger charge is 2.44. The Morgan fingerprint density at radius 1 is 0.962 bits per heavy atom. The minimum Gasteiger partial charge on any atom is -0.444 e. The van der Waals surface area contributed by atoms with Crippen molar-refractivity contribution in [2.45, 2.75) is 51.3 Å². The van der Waals surface area contributed by atoms with Gasteiger partial charge in [0.2, 0.25) is 0 Å². The Kier molecular flexibility index (Phi) is 5.54. The molecule has 1 aromatic carbocycles. The topological polar surface area (TPSA) is 29.5 Å². The summed E-state index contributed by atoms with van der Waals surface area (Å²) in [4.78, 5) is 13.4. The van der Waals surface area contributed by atoms with Gasteiger partial charge in [-0.3, -0.25) is 0 Å². The maximum absolute atomic E-state index is 14.7. The summed E-state index contributed by atoms with van der Waals surface area (Å²) < 4.78 is 72.2. The van der Waals surface area contributed by atoms with E-state index in [-0.39, 0.29) is 25.9 Å². The van der Waals surface area contributed by atoms with Crippen LogP contribution in [0.2, 0.25) is 0 Å². The molecule has 1 aliphatic rings. The first kappa shape index (κ1) is 20.5. The van der Waals surface area contributed by atoms with Gasteiger partial charge in [0.05, 0.1) is 5.56 Å². The summed E-state index contributed by atoms with van der Waals surface area (Å²) in [5.74, 6) is -4.30. The number of benzene rings is 1. The first-order chi connectivity index (χ1) is 11.8. The van der Waals surface area contributed by atoms with Crippen molar-refractivity contribution in [3.05, 3.63) is 35.4 Å². The molecule has 1 aromatic rings. The number of alkyl halides is 5. The molecule has 3 nitrogen and oxygen atoms in total. The standard InChI is InChI=1S/C18H22F5NO2/c1-16(2,3)26-15(25)24-10-8-13(9-11-24)17(19,20)12-4-6-14(7-5-12)18(21,22)23/h4-7,13H,8-11H2,1-3H3. The van der Waals surface area contributed by atoms with E-state index in [9.17, 15) is 26.7 Å². The Balaban J connectivity index is 2.02. The number of rotatable bonds is 2. The molecule has 1 saturated heterocycles. The first-order valence-corrected chi connectivity index (χ1v) is 8.34. The normalized spacial score (nSPS) is 17.3. The number of piperidine rings is 1. The molecule has 2 rings (SSSR count). The van der Waals surface area contributed by atoms with Crippen LogP contribution in [-0.4, -0.2) is 29.7 Å². The number of nitrogens with zero attached hydrogens (tertiary/aromatic N) is 1. The van der Waals surface area contributed by atoms with E-state index in [2.05, 4.69) is 0 Å². The molecule has 1 heterocycles. The summed E-state index contributed by atoms with van der Waals surface area (Å²) in [5.41, 5.74) is -2.07. The largest absolute Gasteiger partial charge is 0.444 e. The van der Waals surface area contributed by atoms with E-state index in [4.69, 9.17) is 4.74 Å². The van der Waals surface area contributed by atoms with Crippen molar-refractivity contribution in [3.63, 3.8) is 0 Å². The Labute approximate surface area is 149 Å². The fourth-order valence-corrected chi connectivity index (χ4v) is 2.87. The van der Waals surface area contributed by atoms with Crippen molar-refractivity contribution < 1.29 is 31.5 Å². The molecule has 0 N–H and O–H groups in total. The first-order valence-electron chi connectivity index (χ1n) is 8.34. The zero-order valence-corrected chi connectivity index (χ0v) is 14.9. The monoisotopic (exact) mass is 379 g/mol. The van der Waals surface area contributed by atoms with Gasteiger partial charge in [0.25, 0.3) is 5.92 Å². The van der Waals surface area contributed by atoms with Crippen molar-refractivity contribution in [1.82, 2.24) is 4.90 Å². The van der Waals surface area contributed by atoms with Crippen LogP contribution in [0.3, 0.4) is 0 Å². The fourth-order valence-electron chi connectivity index (χ4n) is 2.87. The molecule has 0 atom stereocenters. The van der Waals surface area contributed by atoms with Crippen LogP contribution in [0.15, 0.2) is 24.3 Å². The second-order valence-corrected chi connectivity index (χ2v) is 7.44. The summed E-state index contributed by atoms with van der Waals surface area (Å²) >= 11 is 0. The molecule has 1 fully saturated rings. The number of carbonyl (C=O) groups is 1. The summed E-state index contributed by atoms with van der Waals surface area (Å²) in [7, 11) is 0. The van der Waals surface area contributed by atoms with Gasteiger partial charge in [-0.1, -0.05) is 12.1 Å². The lowest BCUT2D eigenvalue weighted by molar-refractivity contribution is -0.137. The van der Waals surface area contributed by atoms with Gasteiger partial charge < -0.3 is 9.64 Å². The van der Waals surface area contributed by atoms with Gasteiger partial charge in [0.15, 0.2) is 0 Å². The molecule has 146 valence electrons. The van der Waals surface area contributed by atoms with E-state index in [0.717, 1.165) is 12.1 Å². The van der Waals surface area contributed by atoms with Crippen LogP contribution in [0.25, 0.3) is 0 Å². The van der Waals surface area contributed by atoms with Gasteiger partial charge in [-0.2, -0.15) is 13.2 Å². The highest BCUT2D eigenvalue weighted by atomic mass is 19.4. The molecule has 1 amide bonds. The third-order valence-electron chi connectivity index (χ3n) is 4.26. The summed E-state index contributed by atoms with van der Waals surface area (Å²) in [6, 6.07) is 2.98. The van der Waals surface area contributed by atoms with Gasteiger partial charge in [0, 0.05) is 24.6 Å². The van der Waals surface area contributed by atoms with Gasteiger partial charge in [0.1, 0.15) is 5.60 Å². The smallest absolute Gasteiger partial charge is 0.416 e. The SMILES string of the molecule is CC(C)(C)OC(=O)N1CCC(C(F)(F)c2ccc(C(F)(F)F)cc2)CC1. The summed E-state index contributed by atoms with van der Waals surface area (Å²) in [6.45, 7) is 5.40. The average Bonchev–Trinajstić information content (AvgIpc) is 2.52. The minimum absolute atomic E-state index is 0.0489. The van der Waals surface area contributed by atoms with Crippen molar-refractivity contribution in [3.8, 4) is 0 Å². The minimum atomic E-state index is -4.56. The molecular formula is C18H22F5NO2. The van der Waals surface area contributed by atoms with Crippen LogP contribution in [0.1, 0.15) is 44.7 Å². The van der Waals surface area contributed by atoms with E-state index in [1.54, 1.807) is 20.8 Å². The predicted octanol–water partition coefficient (Wildman–Crippen LogP) is 5.44. The second kappa shape index (κ2) is 7.04. The van der Waals surface area contributed by atoms with Crippen molar-refractivity contribution in [1.29, 1.82) is 0 Å². The van der Waals surface area contributed by atoms with E-state index >= 15 is 0 Å². The third-order valence-corrected chi connectivity index (χ3v) is 4.26. The van der Waals surface area contributed by atoms with Crippen LogP contribution in [-0.2, 0) is 16.8 Å². The molecule has 0 spiro atoms. The Morgan fingerprint density at radius 2 is 1.42 bits per heavy atom. The molecule has 26 heavy (non-hydrogen) atoms.